The van der Waals surface area contributed by atoms with Crippen molar-refractivity contribution in [2.24, 2.45) is 0 Å². The van der Waals surface area contributed by atoms with E-state index in [4.69, 9.17) is 0 Å². The Kier molecular flexibility index (Phi) is 3.17. The molecular weight excluding hydrogens is 208 g/mol. The largest absolute Gasteiger partial charge is 0.303 e. The van der Waals surface area contributed by atoms with E-state index in [1.165, 1.54) is 6.42 Å². The molecule has 1 aromatic rings. The van der Waals surface area contributed by atoms with E-state index in [1.807, 2.05) is 0 Å². The molecule has 1 aliphatic rings. The minimum absolute atomic E-state index is 0.129. The van der Waals surface area contributed by atoms with Crippen molar-refractivity contribution in [1.29, 1.82) is 0 Å². The Morgan fingerprint density at radius 3 is 3.07 bits per heavy atom. The average Bonchev–Trinajstić information content (AvgIpc) is 2.86. The van der Waals surface area contributed by atoms with Crippen molar-refractivity contribution in [3.05, 3.63) is 16.1 Å². The number of carbonyl (C=O) groups is 1. The maximum atomic E-state index is 11.2. The molecule has 1 saturated heterocycles. The zero-order valence-electron chi connectivity index (χ0n) is 9.19. The molecule has 1 atom stereocenters. The standard InChI is InChI=1S/C11H16N2OS/c1-3-13-5-4-9(7-13)11-12-6-10(15-11)8(2)14/h6,9H,3-5,7H2,1-2H3. The number of hydrogen-bond donors (Lipinski definition) is 0. The molecule has 1 unspecified atom stereocenters. The molecule has 82 valence electrons. The highest BCUT2D eigenvalue weighted by atomic mass is 32.1. The van der Waals surface area contributed by atoms with E-state index >= 15 is 0 Å². The van der Waals surface area contributed by atoms with Gasteiger partial charge < -0.3 is 4.90 Å². The third kappa shape index (κ3) is 2.26. The normalized spacial score (nSPS) is 22.1. The predicted octanol–water partition coefficient (Wildman–Crippen LogP) is 2.15. The van der Waals surface area contributed by atoms with Crippen molar-refractivity contribution in [2.45, 2.75) is 26.2 Å². The summed E-state index contributed by atoms with van der Waals surface area (Å²) in [5, 5.41) is 1.14. The van der Waals surface area contributed by atoms with Crippen LogP contribution >= 0.6 is 11.3 Å². The molecule has 0 spiro atoms. The molecule has 0 N–H and O–H groups in total. The van der Waals surface area contributed by atoms with Crippen LogP contribution in [0.3, 0.4) is 0 Å². The molecule has 15 heavy (non-hydrogen) atoms. The topological polar surface area (TPSA) is 33.2 Å². The molecule has 1 aliphatic heterocycles. The fraction of sp³-hybridized carbons (Fsp3) is 0.636. The van der Waals surface area contributed by atoms with Gasteiger partial charge in [-0.15, -0.1) is 11.3 Å². The Morgan fingerprint density at radius 2 is 2.53 bits per heavy atom. The fourth-order valence-corrected chi connectivity index (χ4v) is 2.90. The summed E-state index contributed by atoms with van der Waals surface area (Å²) in [6.07, 6.45) is 2.90. The van der Waals surface area contributed by atoms with E-state index < -0.39 is 0 Å². The molecule has 1 aromatic heterocycles. The van der Waals surface area contributed by atoms with Crippen LogP contribution in [-0.2, 0) is 0 Å². The van der Waals surface area contributed by atoms with E-state index in [2.05, 4.69) is 16.8 Å². The van der Waals surface area contributed by atoms with Crippen molar-refractivity contribution < 1.29 is 4.79 Å². The van der Waals surface area contributed by atoms with Gasteiger partial charge in [-0.2, -0.15) is 0 Å². The molecule has 3 nitrogen and oxygen atoms in total. The lowest BCUT2D eigenvalue weighted by molar-refractivity contribution is 0.102. The third-order valence-electron chi connectivity index (χ3n) is 2.94. The van der Waals surface area contributed by atoms with Crippen molar-refractivity contribution in [2.75, 3.05) is 19.6 Å². The molecule has 0 amide bonds. The summed E-state index contributed by atoms with van der Waals surface area (Å²) in [5.74, 6) is 0.673. The lowest BCUT2D eigenvalue weighted by atomic mass is 10.1. The van der Waals surface area contributed by atoms with Gasteiger partial charge >= 0.3 is 0 Å². The Bertz CT molecular complexity index is 361. The number of nitrogens with zero attached hydrogens (tertiary/aromatic N) is 2. The van der Waals surface area contributed by atoms with Crippen LogP contribution in [0.4, 0.5) is 0 Å². The van der Waals surface area contributed by atoms with Crippen LogP contribution in [-0.4, -0.2) is 35.3 Å². The number of aromatic nitrogens is 1. The molecule has 0 aromatic carbocycles. The molecule has 0 radical (unpaired) electrons. The summed E-state index contributed by atoms with van der Waals surface area (Å²) in [4.78, 5) is 18.7. The molecule has 0 bridgehead atoms. The number of thiazole rings is 1. The highest BCUT2D eigenvalue weighted by Crippen LogP contribution is 2.30. The molecule has 0 saturated carbocycles. The minimum Gasteiger partial charge on any atom is -0.303 e. The molecule has 2 heterocycles. The van der Waals surface area contributed by atoms with Gasteiger partial charge in [-0.3, -0.25) is 4.79 Å². The Morgan fingerprint density at radius 1 is 1.73 bits per heavy atom. The first kappa shape index (κ1) is 10.8. The molecule has 0 aliphatic carbocycles. The van der Waals surface area contributed by atoms with Crippen LogP contribution in [0, 0.1) is 0 Å². The average molecular weight is 224 g/mol. The van der Waals surface area contributed by atoms with Gasteiger partial charge in [-0.05, 0) is 19.5 Å². The number of Topliss-reactive ketones (excluding diaryl/α,β-unsaturated/α-hetero) is 1. The number of rotatable bonds is 3. The Balaban J connectivity index is 2.07. The van der Waals surface area contributed by atoms with Gasteiger partial charge in [0, 0.05) is 25.6 Å². The van der Waals surface area contributed by atoms with Crippen LogP contribution in [0.5, 0.6) is 0 Å². The summed E-state index contributed by atoms with van der Waals surface area (Å²) in [7, 11) is 0. The number of carbonyl (C=O) groups excluding carboxylic acids is 1. The van der Waals surface area contributed by atoms with E-state index in [9.17, 15) is 4.79 Å². The second kappa shape index (κ2) is 4.41. The zero-order valence-corrected chi connectivity index (χ0v) is 10.0. The number of likely N-dealkylation sites (N-methyl/N-ethyl adjacent to an activating group) is 1. The molecular formula is C11H16N2OS. The van der Waals surface area contributed by atoms with E-state index in [-0.39, 0.29) is 5.78 Å². The summed E-state index contributed by atoms with van der Waals surface area (Å²) in [5.41, 5.74) is 0. The molecule has 4 heteroatoms. The van der Waals surface area contributed by atoms with Crippen molar-refractivity contribution >= 4 is 17.1 Å². The summed E-state index contributed by atoms with van der Waals surface area (Å²) in [6.45, 7) is 7.16. The lowest BCUT2D eigenvalue weighted by Gasteiger charge is -2.11. The fourth-order valence-electron chi connectivity index (χ4n) is 1.96. The monoisotopic (exact) mass is 224 g/mol. The van der Waals surface area contributed by atoms with Crippen LogP contribution in [0.25, 0.3) is 0 Å². The first-order valence-corrected chi connectivity index (χ1v) is 6.21. The van der Waals surface area contributed by atoms with Crippen LogP contribution in [0.15, 0.2) is 6.20 Å². The Labute approximate surface area is 94.1 Å². The van der Waals surface area contributed by atoms with Gasteiger partial charge in [0.1, 0.15) is 0 Å². The van der Waals surface area contributed by atoms with Crippen molar-refractivity contribution in [3.8, 4) is 0 Å². The molecule has 2 rings (SSSR count). The number of ketones is 1. The summed E-state index contributed by atoms with van der Waals surface area (Å²) < 4.78 is 0. The van der Waals surface area contributed by atoms with Crippen LogP contribution in [0.1, 0.15) is 40.9 Å². The maximum absolute atomic E-state index is 11.2. The molecule has 1 fully saturated rings. The highest BCUT2D eigenvalue weighted by Gasteiger charge is 2.25. The second-order valence-corrected chi connectivity index (χ2v) is 5.06. The SMILES string of the molecule is CCN1CCC(c2ncc(C(C)=O)s2)C1. The first-order valence-electron chi connectivity index (χ1n) is 5.39. The third-order valence-corrected chi connectivity index (χ3v) is 4.20. The van der Waals surface area contributed by atoms with E-state index in [0.29, 0.717) is 5.92 Å². The van der Waals surface area contributed by atoms with E-state index in [1.54, 1.807) is 24.5 Å². The van der Waals surface area contributed by atoms with E-state index in [0.717, 1.165) is 29.5 Å². The maximum Gasteiger partial charge on any atom is 0.171 e. The predicted molar refractivity (Wildman–Crippen MR) is 61.6 cm³/mol. The van der Waals surface area contributed by atoms with Crippen LogP contribution < -0.4 is 0 Å². The quantitative estimate of drug-likeness (QED) is 0.738. The van der Waals surface area contributed by atoms with Crippen molar-refractivity contribution in [1.82, 2.24) is 9.88 Å². The van der Waals surface area contributed by atoms with Crippen molar-refractivity contribution in [3.63, 3.8) is 0 Å². The van der Waals surface area contributed by atoms with Gasteiger partial charge in [0.15, 0.2) is 5.78 Å². The van der Waals surface area contributed by atoms with Gasteiger partial charge in [-0.25, -0.2) is 4.98 Å². The zero-order chi connectivity index (χ0) is 10.8. The first-order chi connectivity index (χ1) is 7.20. The number of likely N-dealkylation sites (tertiary alicyclic amines) is 1. The smallest absolute Gasteiger partial charge is 0.171 e. The van der Waals surface area contributed by atoms with Crippen LogP contribution in [0.2, 0.25) is 0 Å². The minimum atomic E-state index is 0.129. The van der Waals surface area contributed by atoms with Gasteiger partial charge in [0.2, 0.25) is 0 Å². The highest BCUT2D eigenvalue weighted by molar-refractivity contribution is 7.13. The van der Waals surface area contributed by atoms with Gasteiger partial charge in [-0.1, -0.05) is 6.92 Å². The summed E-state index contributed by atoms with van der Waals surface area (Å²) >= 11 is 1.56. The summed E-state index contributed by atoms with van der Waals surface area (Å²) in [6, 6.07) is 0. The van der Waals surface area contributed by atoms with Gasteiger partial charge in [0.05, 0.1) is 9.88 Å². The number of hydrogen-bond acceptors (Lipinski definition) is 4. The van der Waals surface area contributed by atoms with Gasteiger partial charge in [0.25, 0.3) is 0 Å². The Hall–Kier alpha value is -0.740. The second-order valence-electron chi connectivity index (χ2n) is 4.00. The lowest BCUT2D eigenvalue weighted by Crippen LogP contribution is -2.19.